The molecule has 0 fully saturated rings. The number of hydrogen-bond donors (Lipinski definition) is 4. The van der Waals surface area contributed by atoms with E-state index in [9.17, 15) is 4.79 Å². The number of carbonyl (C=O) groups is 1. The molecule has 0 saturated heterocycles. The van der Waals surface area contributed by atoms with E-state index in [1.54, 1.807) is 7.11 Å². The molecule has 7 heteroatoms. The molecule has 6 nitrogen and oxygen atoms in total. The molecule has 2 aromatic rings. The predicted octanol–water partition coefficient (Wildman–Crippen LogP) is 3.39. The van der Waals surface area contributed by atoms with E-state index >= 15 is 0 Å². The summed E-state index contributed by atoms with van der Waals surface area (Å²) in [7, 11) is 1.65. The molecule has 2 rings (SSSR count). The van der Waals surface area contributed by atoms with Crippen LogP contribution in [0, 0.1) is 0 Å². The molecular formula is C20H26N4O2S. The summed E-state index contributed by atoms with van der Waals surface area (Å²) in [5.41, 5.74) is 2.94. The maximum absolute atomic E-state index is 11.7. The van der Waals surface area contributed by atoms with Crippen LogP contribution in [-0.4, -0.2) is 24.3 Å². The van der Waals surface area contributed by atoms with Crippen molar-refractivity contribution in [2.45, 2.75) is 33.0 Å². The highest BCUT2D eigenvalue weighted by Gasteiger charge is 2.03. The second kappa shape index (κ2) is 10.4. The minimum atomic E-state index is -0.209. The van der Waals surface area contributed by atoms with Crippen molar-refractivity contribution in [2.75, 3.05) is 12.4 Å². The van der Waals surface area contributed by atoms with Crippen LogP contribution in [0.4, 0.5) is 10.5 Å². The Bertz CT molecular complexity index is 746. The zero-order chi connectivity index (χ0) is 19.6. The number of carbonyl (C=O) groups excluding carboxylic acids is 1. The highest BCUT2D eigenvalue weighted by Crippen LogP contribution is 2.11. The lowest BCUT2D eigenvalue weighted by atomic mass is 10.2. The van der Waals surface area contributed by atoms with Crippen molar-refractivity contribution in [1.82, 2.24) is 16.0 Å². The summed E-state index contributed by atoms with van der Waals surface area (Å²) < 4.78 is 5.14. The third kappa shape index (κ3) is 7.53. The molecule has 0 heterocycles. The molecule has 144 valence electrons. The van der Waals surface area contributed by atoms with E-state index in [1.165, 1.54) is 0 Å². The Kier molecular flexibility index (Phi) is 7.88. The van der Waals surface area contributed by atoms with Gasteiger partial charge in [0.1, 0.15) is 5.75 Å². The van der Waals surface area contributed by atoms with Crippen LogP contribution in [0.5, 0.6) is 5.75 Å². The lowest BCUT2D eigenvalue weighted by Gasteiger charge is -2.12. The molecule has 0 aromatic heterocycles. The maximum atomic E-state index is 11.7. The Hall–Kier alpha value is -2.80. The number of ether oxygens (including phenoxy) is 1. The van der Waals surface area contributed by atoms with E-state index in [2.05, 4.69) is 21.3 Å². The standard InChI is InChI=1S/C20H26N4O2S/c1-14(2)23-19(25)24-17-8-4-15(5-9-17)12-21-20(27)22-13-16-6-10-18(26-3)11-7-16/h4-11,14H,12-13H2,1-3H3,(H2,21,22,27)(H2,23,24,25). The van der Waals surface area contributed by atoms with Crippen LogP contribution in [-0.2, 0) is 13.1 Å². The third-order valence-electron chi connectivity index (χ3n) is 3.70. The average molecular weight is 387 g/mol. The number of thiocarbonyl (C=S) groups is 1. The second-order valence-electron chi connectivity index (χ2n) is 6.33. The van der Waals surface area contributed by atoms with E-state index in [0.717, 1.165) is 22.6 Å². The summed E-state index contributed by atoms with van der Waals surface area (Å²) in [5.74, 6) is 0.832. The zero-order valence-corrected chi connectivity index (χ0v) is 16.7. The van der Waals surface area contributed by atoms with Crippen LogP contribution in [0.25, 0.3) is 0 Å². The molecule has 0 saturated carbocycles. The Balaban J connectivity index is 1.73. The third-order valence-corrected chi connectivity index (χ3v) is 3.99. The monoisotopic (exact) mass is 386 g/mol. The van der Waals surface area contributed by atoms with Gasteiger partial charge in [-0.1, -0.05) is 24.3 Å². The van der Waals surface area contributed by atoms with Crippen LogP contribution in [0.1, 0.15) is 25.0 Å². The van der Waals surface area contributed by atoms with Crippen molar-refractivity contribution >= 4 is 29.0 Å². The fraction of sp³-hybridized carbons (Fsp3) is 0.300. The van der Waals surface area contributed by atoms with Crippen LogP contribution < -0.4 is 26.0 Å². The minimum absolute atomic E-state index is 0.0971. The molecule has 0 radical (unpaired) electrons. The summed E-state index contributed by atoms with van der Waals surface area (Å²) in [6.07, 6.45) is 0. The van der Waals surface area contributed by atoms with Gasteiger partial charge in [-0.2, -0.15) is 0 Å². The number of urea groups is 1. The van der Waals surface area contributed by atoms with Gasteiger partial charge in [0.15, 0.2) is 5.11 Å². The number of rotatable bonds is 7. The number of methoxy groups -OCH3 is 1. The first-order chi connectivity index (χ1) is 13.0. The van der Waals surface area contributed by atoms with Gasteiger partial charge >= 0.3 is 6.03 Å². The molecular weight excluding hydrogens is 360 g/mol. The molecule has 0 spiro atoms. The van der Waals surface area contributed by atoms with Gasteiger partial charge in [0.2, 0.25) is 0 Å². The molecule has 2 aromatic carbocycles. The summed E-state index contributed by atoms with van der Waals surface area (Å²) in [5, 5.41) is 12.5. The van der Waals surface area contributed by atoms with Gasteiger partial charge in [-0.25, -0.2) is 4.79 Å². The Labute approximate surface area is 165 Å². The van der Waals surface area contributed by atoms with Crippen LogP contribution in [0.15, 0.2) is 48.5 Å². The molecule has 0 aliphatic carbocycles. The van der Waals surface area contributed by atoms with Gasteiger partial charge in [0.25, 0.3) is 0 Å². The van der Waals surface area contributed by atoms with Crippen LogP contribution in [0.3, 0.4) is 0 Å². The van der Waals surface area contributed by atoms with E-state index < -0.39 is 0 Å². The highest BCUT2D eigenvalue weighted by molar-refractivity contribution is 7.80. The Morgan fingerprint density at radius 1 is 0.963 bits per heavy atom. The second-order valence-corrected chi connectivity index (χ2v) is 6.74. The molecule has 0 bridgehead atoms. The first-order valence-electron chi connectivity index (χ1n) is 8.77. The molecule has 0 aliphatic heterocycles. The summed E-state index contributed by atoms with van der Waals surface area (Å²) in [4.78, 5) is 11.7. The number of benzene rings is 2. The van der Waals surface area contributed by atoms with Crippen molar-refractivity contribution in [3.8, 4) is 5.75 Å². The van der Waals surface area contributed by atoms with Gasteiger partial charge in [-0.15, -0.1) is 0 Å². The van der Waals surface area contributed by atoms with Gasteiger partial charge in [-0.3, -0.25) is 0 Å². The molecule has 0 unspecified atom stereocenters. The predicted molar refractivity (Wildman–Crippen MR) is 113 cm³/mol. The summed E-state index contributed by atoms with van der Waals surface area (Å²) in [6.45, 7) is 5.08. The van der Waals surface area contributed by atoms with Crippen molar-refractivity contribution in [1.29, 1.82) is 0 Å². The minimum Gasteiger partial charge on any atom is -0.497 e. The number of amides is 2. The first-order valence-corrected chi connectivity index (χ1v) is 9.18. The Morgan fingerprint density at radius 3 is 1.96 bits per heavy atom. The van der Waals surface area contributed by atoms with Crippen LogP contribution in [0.2, 0.25) is 0 Å². The number of hydrogen-bond acceptors (Lipinski definition) is 3. The molecule has 4 N–H and O–H groups in total. The molecule has 0 aliphatic rings. The van der Waals surface area contributed by atoms with Crippen molar-refractivity contribution in [2.24, 2.45) is 0 Å². The highest BCUT2D eigenvalue weighted by atomic mass is 32.1. The Morgan fingerprint density at radius 2 is 1.48 bits per heavy atom. The topological polar surface area (TPSA) is 74.4 Å². The van der Waals surface area contributed by atoms with Crippen molar-refractivity contribution in [3.63, 3.8) is 0 Å². The fourth-order valence-corrected chi connectivity index (χ4v) is 2.45. The van der Waals surface area contributed by atoms with Crippen molar-refractivity contribution < 1.29 is 9.53 Å². The van der Waals surface area contributed by atoms with Gasteiger partial charge in [0.05, 0.1) is 7.11 Å². The van der Waals surface area contributed by atoms with E-state index in [-0.39, 0.29) is 12.1 Å². The van der Waals surface area contributed by atoms with E-state index in [0.29, 0.717) is 18.2 Å². The van der Waals surface area contributed by atoms with Gasteiger partial charge < -0.3 is 26.0 Å². The lowest BCUT2D eigenvalue weighted by molar-refractivity contribution is 0.250. The zero-order valence-electron chi connectivity index (χ0n) is 15.8. The lowest BCUT2D eigenvalue weighted by Crippen LogP contribution is -2.34. The van der Waals surface area contributed by atoms with Gasteiger partial charge in [-0.05, 0) is 61.5 Å². The van der Waals surface area contributed by atoms with Crippen molar-refractivity contribution in [3.05, 3.63) is 59.7 Å². The molecule has 27 heavy (non-hydrogen) atoms. The molecule has 2 amide bonds. The van der Waals surface area contributed by atoms with Crippen LogP contribution >= 0.6 is 12.2 Å². The quantitative estimate of drug-likeness (QED) is 0.549. The van der Waals surface area contributed by atoms with Gasteiger partial charge in [0, 0.05) is 24.8 Å². The summed E-state index contributed by atoms with van der Waals surface area (Å²) in [6, 6.07) is 15.4. The first kappa shape index (κ1) is 20.5. The fourth-order valence-electron chi connectivity index (χ4n) is 2.31. The number of nitrogens with one attached hydrogen (secondary N) is 4. The van der Waals surface area contributed by atoms with E-state index in [4.69, 9.17) is 17.0 Å². The summed E-state index contributed by atoms with van der Waals surface area (Å²) >= 11 is 5.31. The number of anilines is 1. The maximum Gasteiger partial charge on any atom is 0.319 e. The smallest absolute Gasteiger partial charge is 0.319 e. The largest absolute Gasteiger partial charge is 0.497 e. The average Bonchev–Trinajstić information content (AvgIpc) is 2.65. The molecule has 0 atom stereocenters. The van der Waals surface area contributed by atoms with E-state index in [1.807, 2.05) is 62.4 Å². The normalized spacial score (nSPS) is 10.2. The SMILES string of the molecule is COc1ccc(CNC(=S)NCc2ccc(NC(=O)NC(C)C)cc2)cc1.